The van der Waals surface area contributed by atoms with Crippen LogP contribution in [0, 0.1) is 7.14 Å². The average molecular weight is 699 g/mol. The number of phenols is 1. The van der Waals surface area contributed by atoms with Gasteiger partial charge in [0.1, 0.15) is 5.75 Å². The van der Waals surface area contributed by atoms with E-state index in [0.29, 0.717) is 11.3 Å². The number of aromatic nitrogens is 1. The number of nitrogens with zero attached hydrogens (tertiary/aromatic N) is 2. The van der Waals surface area contributed by atoms with Gasteiger partial charge in [0.25, 0.3) is 0 Å². The number of nitrogens with one attached hydrogen (secondary N) is 1. The molecule has 168 valence electrons. The van der Waals surface area contributed by atoms with E-state index in [1.807, 2.05) is 67.6 Å². The standard InChI is InChI=1S/C24H19I2N3O2S2/c1-14(15-5-3-2-4-6-15)28-22(30)13-32-24-29-20-8-7-18(11-21(20)33-24)27-12-16-9-17(25)10-19(26)23(16)31/h2-12,14,31H,13H2,1H3,(H,28,30)/t14-/m1/s1. The summed E-state index contributed by atoms with van der Waals surface area (Å²) in [4.78, 5) is 21.5. The number of halogens is 2. The van der Waals surface area contributed by atoms with Gasteiger partial charge in [-0.05, 0) is 88.0 Å². The molecule has 1 atom stereocenters. The van der Waals surface area contributed by atoms with Crippen LogP contribution in [0.15, 0.2) is 70.0 Å². The van der Waals surface area contributed by atoms with Gasteiger partial charge in [-0.1, -0.05) is 42.1 Å². The van der Waals surface area contributed by atoms with Crippen molar-refractivity contribution in [2.45, 2.75) is 17.3 Å². The number of hydrogen-bond acceptors (Lipinski definition) is 6. The largest absolute Gasteiger partial charge is 0.506 e. The van der Waals surface area contributed by atoms with Gasteiger partial charge in [-0.2, -0.15) is 0 Å². The first-order valence-corrected chi connectivity index (χ1v) is 13.9. The van der Waals surface area contributed by atoms with Crippen LogP contribution >= 0.6 is 68.3 Å². The second kappa shape index (κ2) is 11.2. The summed E-state index contributed by atoms with van der Waals surface area (Å²) in [5.41, 5.74) is 3.43. The fourth-order valence-corrected chi connectivity index (χ4v) is 6.90. The van der Waals surface area contributed by atoms with Crippen LogP contribution in [0.5, 0.6) is 5.75 Å². The minimum absolute atomic E-state index is 0.0205. The van der Waals surface area contributed by atoms with E-state index in [1.54, 1.807) is 17.6 Å². The minimum Gasteiger partial charge on any atom is -0.506 e. The zero-order valence-electron chi connectivity index (χ0n) is 17.5. The Balaban J connectivity index is 1.40. The van der Waals surface area contributed by atoms with Crippen LogP contribution in [-0.4, -0.2) is 28.0 Å². The average Bonchev–Trinajstić information content (AvgIpc) is 3.22. The van der Waals surface area contributed by atoms with Crippen molar-refractivity contribution in [1.82, 2.24) is 10.3 Å². The van der Waals surface area contributed by atoms with Crippen LogP contribution in [0.2, 0.25) is 0 Å². The highest BCUT2D eigenvalue weighted by atomic mass is 127. The molecule has 0 aliphatic rings. The van der Waals surface area contributed by atoms with Crippen molar-refractivity contribution >= 4 is 96.3 Å². The maximum Gasteiger partial charge on any atom is 0.230 e. The van der Waals surface area contributed by atoms with Gasteiger partial charge in [-0.25, -0.2) is 4.98 Å². The highest BCUT2D eigenvalue weighted by molar-refractivity contribution is 14.1. The number of thiazole rings is 1. The quantitative estimate of drug-likeness (QED) is 0.125. The molecule has 4 rings (SSSR count). The van der Waals surface area contributed by atoms with Gasteiger partial charge < -0.3 is 10.4 Å². The number of fused-ring (bicyclic) bond motifs is 1. The number of hydrogen-bond donors (Lipinski definition) is 2. The summed E-state index contributed by atoms with van der Waals surface area (Å²) in [6.45, 7) is 1.98. The van der Waals surface area contributed by atoms with Gasteiger partial charge in [-0.3, -0.25) is 9.79 Å². The Morgan fingerprint density at radius 2 is 2.00 bits per heavy atom. The molecule has 0 radical (unpaired) electrons. The predicted molar refractivity (Wildman–Crippen MR) is 154 cm³/mol. The Hall–Kier alpha value is -1.70. The smallest absolute Gasteiger partial charge is 0.230 e. The lowest BCUT2D eigenvalue weighted by molar-refractivity contribution is -0.119. The zero-order valence-corrected chi connectivity index (χ0v) is 23.4. The number of rotatable bonds is 7. The summed E-state index contributed by atoms with van der Waals surface area (Å²) in [5.74, 6) is 0.525. The van der Waals surface area contributed by atoms with Crippen molar-refractivity contribution in [3.8, 4) is 5.75 Å². The second-order valence-corrected chi connectivity index (χ2v) is 11.9. The molecule has 1 heterocycles. The maximum absolute atomic E-state index is 12.4. The molecule has 33 heavy (non-hydrogen) atoms. The van der Waals surface area contributed by atoms with Crippen molar-refractivity contribution in [3.63, 3.8) is 0 Å². The van der Waals surface area contributed by atoms with Crippen LogP contribution in [-0.2, 0) is 4.79 Å². The van der Waals surface area contributed by atoms with Crippen LogP contribution in [0.25, 0.3) is 10.2 Å². The number of phenolic OH excluding ortho intramolecular Hbond substituents is 1. The fraction of sp³-hybridized carbons (Fsp3) is 0.125. The summed E-state index contributed by atoms with van der Waals surface area (Å²) in [6, 6.07) is 19.5. The van der Waals surface area contributed by atoms with E-state index < -0.39 is 0 Å². The molecule has 0 unspecified atom stereocenters. The summed E-state index contributed by atoms with van der Waals surface area (Å²) >= 11 is 7.31. The Morgan fingerprint density at radius 1 is 1.21 bits per heavy atom. The molecule has 1 aromatic heterocycles. The second-order valence-electron chi connectivity index (χ2n) is 7.20. The van der Waals surface area contributed by atoms with Gasteiger partial charge in [-0.15, -0.1) is 11.3 Å². The summed E-state index contributed by atoms with van der Waals surface area (Å²) in [6.07, 6.45) is 1.68. The van der Waals surface area contributed by atoms with Crippen molar-refractivity contribution in [3.05, 3.63) is 78.9 Å². The van der Waals surface area contributed by atoms with E-state index in [2.05, 4.69) is 60.5 Å². The first kappa shape index (κ1) is 24.4. The van der Waals surface area contributed by atoms with E-state index in [4.69, 9.17) is 0 Å². The van der Waals surface area contributed by atoms with Gasteiger partial charge in [0.05, 0.1) is 31.3 Å². The summed E-state index contributed by atoms with van der Waals surface area (Å²) < 4.78 is 3.69. The number of carbonyl (C=O) groups is 1. The first-order valence-electron chi connectivity index (χ1n) is 9.99. The van der Waals surface area contributed by atoms with E-state index in [9.17, 15) is 9.90 Å². The van der Waals surface area contributed by atoms with Crippen LogP contribution in [0.4, 0.5) is 5.69 Å². The molecule has 0 saturated heterocycles. The van der Waals surface area contributed by atoms with Crippen molar-refractivity contribution in [2.75, 3.05) is 5.75 Å². The van der Waals surface area contributed by atoms with E-state index >= 15 is 0 Å². The van der Waals surface area contributed by atoms with Crippen molar-refractivity contribution < 1.29 is 9.90 Å². The summed E-state index contributed by atoms with van der Waals surface area (Å²) in [7, 11) is 0. The topological polar surface area (TPSA) is 74.6 Å². The molecule has 0 saturated carbocycles. The number of carbonyl (C=O) groups excluding carboxylic acids is 1. The third-order valence-electron chi connectivity index (χ3n) is 4.77. The lowest BCUT2D eigenvalue weighted by Gasteiger charge is -2.13. The number of thioether (sulfide) groups is 1. The molecular formula is C24H19I2N3O2S2. The number of benzene rings is 3. The van der Waals surface area contributed by atoms with Gasteiger partial charge in [0, 0.05) is 15.3 Å². The summed E-state index contributed by atoms with van der Waals surface area (Å²) in [5, 5.41) is 13.3. The zero-order chi connectivity index (χ0) is 23.4. The Labute approximate surface area is 227 Å². The van der Waals surface area contributed by atoms with Gasteiger partial charge >= 0.3 is 0 Å². The van der Waals surface area contributed by atoms with Gasteiger partial charge in [0.2, 0.25) is 5.91 Å². The number of aromatic hydroxyl groups is 1. The third-order valence-corrected chi connectivity index (χ3v) is 8.37. The molecule has 1 amide bonds. The highest BCUT2D eigenvalue weighted by Crippen LogP contribution is 2.32. The third kappa shape index (κ3) is 6.46. The number of aliphatic imine (C=N–C) groups is 1. The molecule has 9 heteroatoms. The van der Waals surface area contributed by atoms with E-state index in [-0.39, 0.29) is 17.7 Å². The molecule has 0 fully saturated rings. The van der Waals surface area contributed by atoms with Crippen LogP contribution in [0.1, 0.15) is 24.1 Å². The SMILES string of the molecule is C[C@@H](NC(=O)CSc1nc2ccc(N=Cc3cc(I)cc(I)c3O)cc2s1)c1ccccc1. The molecule has 2 N–H and O–H groups in total. The lowest BCUT2D eigenvalue weighted by Crippen LogP contribution is -2.28. The van der Waals surface area contributed by atoms with Crippen molar-refractivity contribution in [2.24, 2.45) is 4.99 Å². The Morgan fingerprint density at radius 3 is 2.79 bits per heavy atom. The lowest BCUT2D eigenvalue weighted by atomic mass is 10.1. The maximum atomic E-state index is 12.4. The van der Waals surface area contributed by atoms with Crippen LogP contribution < -0.4 is 5.32 Å². The molecule has 5 nitrogen and oxygen atoms in total. The monoisotopic (exact) mass is 699 g/mol. The van der Waals surface area contributed by atoms with Gasteiger partial charge in [0.15, 0.2) is 4.34 Å². The predicted octanol–water partition coefficient (Wildman–Crippen LogP) is 6.93. The first-order chi connectivity index (χ1) is 15.9. The molecule has 0 bridgehead atoms. The van der Waals surface area contributed by atoms with Crippen LogP contribution in [0.3, 0.4) is 0 Å². The number of amides is 1. The molecular weight excluding hydrogens is 680 g/mol. The molecule has 0 spiro atoms. The highest BCUT2D eigenvalue weighted by Gasteiger charge is 2.12. The van der Waals surface area contributed by atoms with E-state index in [0.717, 1.165) is 32.9 Å². The Kier molecular flexibility index (Phi) is 8.25. The van der Waals surface area contributed by atoms with Crippen molar-refractivity contribution in [1.29, 1.82) is 0 Å². The fourth-order valence-electron chi connectivity index (χ4n) is 3.10. The normalized spacial score (nSPS) is 12.3. The molecule has 0 aliphatic heterocycles. The molecule has 3 aromatic carbocycles. The molecule has 4 aromatic rings. The minimum atomic E-state index is -0.0364. The van der Waals surface area contributed by atoms with E-state index in [1.165, 1.54) is 11.8 Å². The Bertz CT molecular complexity index is 1330. The molecule has 0 aliphatic carbocycles.